The highest BCUT2D eigenvalue weighted by Crippen LogP contribution is 2.27. The number of aromatic hydroxyl groups is 3. The Morgan fingerprint density at radius 2 is 1.85 bits per heavy atom. The minimum atomic E-state index is -0.673. The Balaban J connectivity index is 2.11. The maximum Gasteiger partial charge on any atom is 0.266 e. The van der Waals surface area contributed by atoms with E-state index in [4.69, 9.17) is 0 Å². The number of rotatable bonds is 4. The van der Waals surface area contributed by atoms with E-state index in [1.54, 1.807) is 31.2 Å². The van der Waals surface area contributed by atoms with E-state index in [1.807, 2.05) is 0 Å². The van der Waals surface area contributed by atoms with Crippen molar-refractivity contribution in [2.75, 3.05) is 0 Å². The molecule has 2 aromatic carbocycles. The number of phenolic OH excluding ortho intramolecular Hbond substituents is 2. The van der Waals surface area contributed by atoms with Crippen LogP contribution in [-0.2, 0) is 6.54 Å². The Kier molecular flexibility index (Phi) is 4.49. The minimum absolute atomic E-state index is 0.107. The molecule has 0 radical (unpaired) electrons. The fourth-order valence-corrected chi connectivity index (χ4v) is 2.85. The molecular weight excluding hydrogens is 334 g/mol. The second-order valence-corrected chi connectivity index (χ2v) is 5.73. The van der Waals surface area contributed by atoms with Gasteiger partial charge in [0.2, 0.25) is 0 Å². The molecule has 0 fully saturated rings. The predicted molar refractivity (Wildman–Crippen MR) is 98.7 cm³/mol. The molecule has 0 aliphatic heterocycles. The molecule has 26 heavy (non-hydrogen) atoms. The first-order valence-corrected chi connectivity index (χ1v) is 8.03. The van der Waals surface area contributed by atoms with Gasteiger partial charge < -0.3 is 19.9 Å². The number of para-hydroxylation sites is 1. The van der Waals surface area contributed by atoms with Crippen LogP contribution in [-0.4, -0.2) is 25.7 Å². The van der Waals surface area contributed by atoms with Crippen molar-refractivity contribution in [2.24, 2.45) is 0 Å². The molecule has 0 spiro atoms. The van der Waals surface area contributed by atoms with Crippen LogP contribution in [0.5, 0.6) is 17.2 Å². The van der Waals surface area contributed by atoms with Gasteiger partial charge in [-0.05, 0) is 43.3 Å². The van der Waals surface area contributed by atoms with Gasteiger partial charge in [-0.2, -0.15) is 0 Å². The molecule has 0 bridgehead atoms. The average molecular weight is 351 g/mol. The number of aryl methyl sites for hydroxylation is 1. The van der Waals surface area contributed by atoms with Gasteiger partial charge in [-0.3, -0.25) is 9.59 Å². The zero-order chi connectivity index (χ0) is 18.8. The molecule has 6 nitrogen and oxygen atoms in total. The fraction of sp³-hybridized carbons (Fsp3) is 0.100. The lowest BCUT2D eigenvalue weighted by atomic mass is 10.1. The molecule has 6 heteroatoms. The van der Waals surface area contributed by atoms with Gasteiger partial charge in [-0.25, -0.2) is 0 Å². The van der Waals surface area contributed by atoms with Crippen molar-refractivity contribution in [3.8, 4) is 17.2 Å². The predicted octanol–water partition coefficient (Wildman–Crippen LogP) is 3.03. The number of carbonyl (C=O) groups excluding carboxylic acids is 1. The summed E-state index contributed by atoms with van der Waals surface area (Å²) in [7, 11) is 0. The molecule has 3 aromatic rings. The quantitative estimate of drug-likeness (QED) is 0.496. The van der Waals surface area contributed by atoms with Crippen molar-refractivity contribution in [2.45, 2.75) is 13.5 Å². The van der Waals surface area contributed by atoms with Gasteiger partial charge in [0, 0.05) is 23.6 Å². The van der Waals surface area contributed by atoms with Crippen molar-refractivity contribution in [1.82, 2.24) is 4.57 Å². The molecule has 0 atom stereocenters. The van der Waals surface area contributed by atoms with E-state index in [-0.39, 0.29) is 22.8 Å². The standard InChI is InChI=1S/C20H17NO5/c1-2-21-15-6-4-3-5-14(15)19(25)18(20(21)26)16(23)10-8-12-7-9-13(22)11-17(12)24/h3-11,22,24-25H,2H2,1H3/b10-8+. The number of nitrogens with zero attached hydrogens (tertiary/aromatic N) is 1. The van der Waals surface area contributed by atoms with Crippen LogP contribution >= 0.6 is 0 Å². The van der Waals surface area contributed by atoms with Crippen molar-refractivity contribution in [3.05, 3.63) is 70.0 Å². The van der Waals surface area contributed by atoms with Crippen molar-refractivity contribution in [1.29, 1.82) is 0 Å². The molecule has 0 amide bonds. The number of aromatic nitrogens is 1. The Labute approximate surface area is 148 Å². The largest absolute Gasteiger partial charge is 0.508 e. The molecule has 0 saturated carbocycles. The molecule has 0 aliphatic rings. The number of hydrogen-bond acceptors (Lipinski definition) is 5. The van der Waals surface area contributed by atoms with Crippen LogP contribution in [0.1, 0.15) is 22.8 Å². The number of allylic oxidation sites excluding steroid dienone is 1. The normalized spacial score (nSPS) is 11.3. The SMILES string of the molecule is CCn1c(=O)c(C(=O)/C=C/c2ccc(O)cc2O)c(O)c2ccccc21. The van der Waals surface area contributed by atoms with E-state index >= 15 is 0 Å². The number of carbonyl (C=O) groups is 1. The van der Waals surface area contributed by atoms with Crippen molar-refractivity contribution in [3.63, 3.8) is 0 Å². The summed E-state index contributed by atoms with van der Waals surface area (Å²) in [4.78, 5) is 25.2. The molecule has 3 rings (SSSR count). The van der Waals surface area contributed by atoms with Gasteiger partial charge in [-0.1, -0.05) is 12.1 Å². The number of benzene rings is 2. The number of phenols is 2. The fourth-order valence-electron chi connectivity index (χ4n) is 2.85. The summed E-state index contributed by atoms with van der Waals surface area (Å²) < 4.78 is 1.42. The van der Waals surface area contributed by atoms with E-state index < -0.39 is 11.3 Å². The van der Waals surface area contributed by atoms with Crippen LogP contribution in [0, 0.1) is 0 Å². The van der Waals surface area contributed by atoms with Gasteiger partial charge >= 0.3 is 0 Å². The third kappa shape index (κ3) is 2.93. The Morgan fingerprint density at radius 1 is 1.12 bits per heavy atom. The number of fused-ring (bicyclic) bond motifs is 1. The molecule has 1 aromatic heterocycles. The lowest BCUT2D eigenvalue weighted by molar-refractivity contribution is 0.104. The molecule has 132 valence electrons. The molecule has 1 heterocycles. The maximum absolute atomic E-state index is 12.7. The van der Waals surface area contributed by atoms with Gasteiger partial charge in [0.05, 0.1) is 5.52 Å². The summed E-state index contributed by atoms with van der Waals surface area (Å²) in [6, 6.07) is 10.7. The van der Waals surface area contributed by atoms with Crippen LogP contribution in [0.3, 0.4) is 0 Å². The van der Waals surface area contributed by atoms with Crippen LogP contribution in [0.15, 0.2) is 53.3 Å². The van der Waals surface area contributed by atoms with Crippen LogP contribution < -0.4 is 5.56 Å². The van der Waals surface area contributed by atoms with E-state index in [0.717, 1.165) is 12.1 Å². The first-order chi connectivity index (χ1) is 12.4. The van der Waals surface area contributed by atoms with Crippen molar-refractivity contribution >= 4 is 22.8 Å². The molecule has 0 unspecified atom stereocenters. The topological polar surface area (TPSA) is 99.8 Å². The van der Waals surface area contributed by atoms with Gasteiger partial charge in [0.25, 0.3) is 5.56 Å². The lowest BCUT2D eigenvalue weighted by Gasteiger charge is -2.12. The van der Waals surface area contributed by atoms with Gasteiger partial charge in [0.15, 0.2) is 5.78 Å². The zero-order valence-electron chi connectivity index (χ0n) is 14.0. The number of ketones is 1. The first-order valence-electron chi connectivity index (χ1n) is 8.03. The third-order valence-electron chi connectivity index (χ3n) is 4.14. The molecule has 0 aliphatic carbocycles. The first kappa shape index (κ1) is 17.3. The Morgan fingerprint density at radius 3 is 2.54 bits per heavy atom. The Hall–Kier alpha value is -3.54. The summed E-state index contributed by atoms with van der Waals surface area (Å²) in [5, 5.41) is 29.9. The lowest BCUT2D eigenvalue weighted by Crippen LogP contribution is -2.26. The summed E-state index contributed by atoms with van der Waals surface area (Å²) >= 11 is 0. The molecule has 0 saturated heterocycles. The number of hydrogen-bond donors (Lipinski definition) is 3. The summed E-state index contributed by atoms with van der Waals surface area (Å²) in [6.07, 6.45) is 2.43. The van der Waals surface area contributed by atoms with Gasteiger partial charge in [-0.15, -0.1) is 0 Å². The highest BCUT2D eigenvalue weighted by Gasteiger charge is 2.20. The summed E-state index contributed by atoms with van der Waals surface area (Å²) in [5.41, 5.74) is -0.0465. The molecular formula is C20H17NO5. The van der Waals surface area contributed by atoms with Crippen molar-refractivity contribution < 1.29 is 20.1 Å². The van der Waals surface area contributed by atoms with Crippen LogP contribution in [0.2, 0.25) is 0 Å². The van der Waals surface area contributed by atoms with Crippen LogP contribution in [0.4, 0.5) is 0 Å². The second kappa shape index (κ2) is 6.76. The molecule has 3 N–H and O–H groups in total. The van der Waals surface area contributed by atoms with E-state index in [2.05, 4.69) is 0 Å². The van der Waals surface area contributed by atoms with E-state index in [9.17, 15) is 24.9 Å². The second-order valence-electron chi connectivity index (χ2n) is 5.73. The number of pyridine rings is 1. The Bertz CT molecular complexity index is 1100. The minimum Gasteiger partial charge on any atom is -0.508 e. The zero-order valence-corrected chi connectivity index (χ0v) is 14.0. The van der Waals surface area contributed by atoms with Crippen LogP contribution in [0.25, 0.3) is 17.0 Å². The maximum atomic E-state index is 12.7. The third-order valence-corrected chi connectivity index (χ3v) is 4.14. The monoisotopic (exact) mass is 351 g/mol. The van der Waals surface area contributed by atoms with Gasteiger partial charge in [0.1, 0.15) is 22.8 Å². The summed E-state index contributed by atoms with van der Waals surface area (Å²) in [5.74, 6) is -1.35. The highest BCUT2D eigenvalue weighted by molar-refractivity contribution is 6.11. The van der Waals surface area contributed by atoms with E-state index in [0.29, 0.717) is 23.0 Å². The highest BCUT2D eigenvalue weighted by atomic mass is 16.3. The summed E-state index contributed by atoms with van der Waals surface area (Å²) in [6.45, 7) is 2.13. The van der Waals surface area contributed by atoms with E-state index in [1.165, 1.54) is 22.8 Å². The average Bonchev–Trinajstić information content (AvgIpc) is 2.61. The smallest absolute Gasteiger partial charge is 0.266 e.